The molecule has 0 aliphatic carbocycles. The third kappa shape index (κ3) is 3.49. The monoisotopic (exact) mass is 316 g/mol. The van der Waals surface area contributed by atoms with Crippen LogP contribution < -0.4 is 16.1 Å². The first kappa shape index (κ1) is 17.3. The van der Waals surface area contributed by atoms with Crippen LogP contribution in [0.2, 0.25) is 0 Å². The topological polar surface area (TPSA) is 70.7 Å². The average Bonchev–Trinajstić information content (AvgIpc) is 2.38. The first-order valence-electron chi connectivity index (χ1n) is 8.16. The van der Waals surface area contributed by atoms with Gasteiger partial charge in [-0.25, -0.2) is 10.2 Å². The number of nitrogens with zero attached hydrogens (tertiary/aromatic N) is 2. The molecule has 1 atom stereocenters. The Hall–Kier alpha value is -2.04. The van der Waals surface area contributed by atoms with Gasteiger partial charge in [0.1, 0.15) is 0 Å². The molecule has 1 aromatic carbocycles. The molecule has 1 aliphatic heterocycles. The van der Waals surface area contributed by atoms with Crippen molar-refractivity contribution in [1.29, 1.82) is 0 Å². The molecule has 3 N–H and O–H groups in total. The SMILES string of the molecule is Cc1cc2c(cc1/C=N\NC(N)=O)[C@H](C)CC(C)(C)N2C(C)C. The quantitative estimate of drug-likeness (QED) is 0.662. The van der Waals surface area contributed by atoms with Gasteiger partial charge >= 0.3 is 6.03 Å². The lowest BCUT2D eigenvalue weighted by Gasteiger charge is -2.50. The maximum atomic E-state index is 10.7. The number of hydrogen-bond donors (Lipinski definition) is 2. The average molecular weight is 316 g/mol. The predicted molar refractivity (Wildman–Crippen MR) is 96.2 cm³/mol. The van der Waals surface area contributed by atoms with Crippen LogP contribution in [0.25, 0.3) is 0 Å². The van der Waals surface area contributed by atoms with Gasteiger partial charge in [-0.05, 0) is 75.8 Å². The van der Waals surface area contributed by atoms with Crippen LogP contribution in [0.3, 0.4) is 0 Å². The number of aryl methyl sites for hydroxylation is 1. The van der Waals surface area contributed by atoms with Crippen LogP contribution >= 0.6 is 0 Å². The molecule has 0 saturated carbocycles. The van der Waals surface area contributed by atoms with Crippen molar-refractivity contribution in [3.8, 4) is 0 Å². The van der Waals surface area contributed by atoms with Crippen molar-refractivity contribution in [3.05, 3.63) is 28.8 Å². The number of primary amides is 1. The van der Waals surface area contributed by atoms with Gasteiger partial charge in [-0.15, -0.1) is 0 Å². The molecule has 0 aromatic heterocycles. The number of nitrogens with two attached hydrogens (primary N) is 1. The van der Waals surface area contributed by atoms with Gasteiger partial charge in [0.2, 0.25) is 0 Å². The van der Waals surface area contributed by atoms with E-state index >= 15 is 0 Å². The Morgan fingerprint density at radius 1 is 1.48 bits per heavy atom. The van der Waals surface area contributed by atoms with Crippen LogP contribution in [0.4, 0.5) is 10.5 Å². The van der Waals surface area contributed by atoms with E-state index in [1.54, 1.807) is 6.21 Å². The predicted octanol–water partition coefficient (Wildman–Crippen LogP) is 3.50. The molecule has 1 aliphatic rings. The van der Waals surface area contributed by atoms with Crippen LogP contribution in [-0.4, -0.2) is 23.8 Å². The minimum atomic E-state index is -0.655. The number of carbonyl (C=O) groups excluding carboxylic acids is 1. The summed E-state index contributed by atoms with van der Waals surface area (Å²) in [5.74, 6) is 0.479. The third-order valence-corrected chi connectivity index (χ3v) is 4.56. The van der Waals surface area contributed by atoms with E-state index in [9.17, 15) is 4.79 Å². The highest BCUT2D eigenvalue weighted by Crippen LogP contribution is 2.45. The molecule has 0 fully saturated rings. The van der Waals surface area contributed by atoms with Crippen molar-refractivity contribution in [2.75, 3.05) is 4.90 Å². The largest absolute Gasteiger partial charge is 0.364 e. The molecule has 0 unspecified atom stereocenters. The van der Waals surface area contributed by atoms with E-state index in [2.05, 4.69) is 69.1 Å². The number of amides is 2. The fourth-order valence-corrected chi connectivity index (χ4v) is 3.90. The zero-order valence-corrected chi connectivity index (χ0v) is 15.0. The first-order valence-corrected chi connectivity index (χ1v) is 8.16. The van der Waals surface area contributed by atoms with Crippen LogP contribution in [0.15, 0.2) is 17.2 Å². The molecule has 2 amide bonds. The Balaban J connectivity index is 2.48. The maximum absolute atomic E-state index is 10.7. The number of benzene rings is 1. The number of fused-ring (bicyclic) bond motifs is 1. The molecule has 2 rings (SSSR count). The Bertz CT molecular complexity index is 634. The number of anilines is 1. The standard InChI is InChI=1S/C18H28N4O/c1-11(2)22-16-7-12(3)14(10-20-21-17(19)23)8-15(16)13(4)9-18(22,5)6/h7-8,10-11,13H,9H2,1-6H3,(H3,19,21,23)/b20-10-/t13-/m1/s1. The van der Waals surface area contributed by atoms with Gasteiger partial charge in [0.05, 0.1) is 6.21 Å². The molecule has 0 radical (unpaired) electrons. The van der Waals surface area contributed by atoms with E-state index in [1.165, 1.54) is 11.3 Å². The van der Waals surface area contributed by atoms with Crippen LogP contribution in [0.5, 0.6) is 0 Å². The minimum absolute atomic E-state index is 0.135. The zero-order valence-electron chi connectivity index (χ0n) is 15.0. The van der Waals surface area contributed by atoms with E-state index in [1.807, 2.05) is 0 Å². The highest BCUT2D eigenvalue weighted by atomic mass is 16.2. The summed E-state index contributed by atoms with van der Waals surface area (Å²) in [4.78, 5) is 13.3. The van der Waals surface area contributed by atoms with E-state index < -0.39 is 6.03 Å². The van der Waals surface area contributed by atoms with Crippen molar-refractivity contribution in [3.63, 3.8) is 0 Å². The summed E-state index contributed by atoms with van der Waals surface area (Å²) < 4.78 is 0. The highest BCUT2D eigenvalue weighted by molar-refractivity contribution is 5.85. The summed E-state index contributed by atoms with van der Waals surface area (Å²) in [6.45, 7) is 13.4. The third-order valence-electron chi connectivity index (χ3n) is 4.56. The smallest absolute Gasteiger partial charge is 0.332 e. The summed E-state index contributed by atoms with van der Waals surface area (Å²) in [6, 6.07) is 4.20. The molecule has 0 saturated heterocycles. The molecule has 5 heteroatoms. The van der Waals surface area contributed by atoms with Gasteiger partial charge in [-0.3, -0.25) is 0 Å². The van der Waals surface area contributed by atoms with E-state index in [4.69, 9.17) is 5.73 Å². The summed E-state index contributed by atoms with van der Waals surface area (Å²) in [5, 5.41) is 3.90. The van der Waals surface area contributed by atoms with Gasteiger partial charge < -0.3 is 10.6 Å². The van der Waals surface area contributed by atoms with Crippen LogP contribution in [0.1, 0.15) is 63.6 Å². The summed E-state index contributed by atoms with van der Waals surface area (Å²) >= 11 is 0. The number of carbonyl (C=O) groups is 1. The Morgan fingerprint density at radius 2 is 2.13 bits per heavy atom. The van der Waals surface area contributed by atoms with Gasteiger partial charge in [-0.2, -0.15) is 5.10 Å². The molecular formula is C18H28N4O. The van der Waals surface area contributed by atoms with E-state index in [-0.39, 0.29) is 5.54 Å². The number of nitrogens with one attached hydrogen (secondary N) is 1. The van der Waals surface area contributed by atoms with E-state index in [0.29, 0.717) is 12.0 Å². The number of rotatable bonds is 3. The lowest BCUT2D eigenvalue weighted by atomic mass is 9.78. The molecule has 1 aromatic rings. The summed E-state index contributed by atoms with van der Waals surface area (Å²) in [6.07, 6.45) is 2.77. The van der Waals surface area contributed by atoms with Crippen LogP contribution in [-0.2, 0) is 0 Å². The van der Waals surface area contributed by atoms with Gasteiger partial charge in [0.25, 0.3) is 0 Å². The van der Waals surface area contributed by atoms with Crippen molar-refractivity contribution in [2.45, 2.75) is 65.5 Å². The molecule has 0 bridgehead atoms. The zero-order chi connectivity index (χ0) is 17.4. The maximum Gasteiger partial charge on any atom is 0.332 e. The van der Waals surface area contributed by atoms with Gasteiger partial charge in [-0.1, -0.05) is 6.92 Å². The molecule has 0 spiro atoms. The second-order valence-electron chi connectivity index (χ2n) is 7.38. The molecule has 126 valence electrons. The summed E-state index contributed by atoms with van der Waals surface area (Å²) in [5.41, 5.74) is 12.2. The van der Waals surface area contributed by atoms with Gasteiger partial charge in [0, 0.05) is 17.3 Å². The van der Waals surface area contributed by atoms with Crippen molar-refractivity contribution in [2.24, 2.45) is 10.8 Å². The van der Waals surface area contributed by atoms with Crippen molar-refractivity contribution < 1.29 is 4.79 Å². The van der Waals surface area contributed by atoms with E-state index in [0.717, 1.165) is 17.5 Å². The van der Waals surface area contributed by atoms with Crippen molar-refractivity contribution >= 4 is 17.9 Å². The minimum Gasteiger partial charge on any atom is -0.364 e. The second-order valence-corrected chi connectivity index (χ2v) is 7.38. The Kier molecular flexibility index (Phi) is 4.68. The lowest BCUT2D eigenvalue weighted by molar-refractivity contribution is 0.249. The van der Waals surface area contributed by atoms with Gasteiger partial charge in [0.15, 0.2) is 0 Å². The lowest BCUT2D eigenvalue weighted by Crippen LogP contribution is -2.51. The normalized spacial score (nSPS) is 20.0. The molecule has 5 nitrogen and oxygen atoms in total. The first-order chi connectivity index (χ1) is 10.6. The molecular weight excluding hydrogens is 288 g/mol. The fourth-order valence-electron chi connectivity index (χ4n) is 3.90. The number of urea groups is 1. The van der Waals surface area contributed by atoms with Crippen LogP contribution in [0, 0.1) is 6.92 Å². The number of hydrogen-bond acceptors (Lipinski definition) is 3. The Labute approximate surface area is 138 Å². The molecule has 1 heterocycles. The summed E-state index contributed by atoms with van der Waals surface area (Å²) in [7, 11) is 0. The fraction of sp³-hybridized carbons (Fsp3) is 0.556. The second kappa shape index (κ2) is 6.22. The number of hydrazone groups is 1. The Morgan fingerprint density at radius 3 is 2.70 bits per heavy atom. The molecule has 23 heavy (non-hydrogen) atoms. The highest BCUT2D eigenvalue weighted by Gasteiger charge is 2.37. The van der Waals surface area contributed by atoms with Crippen molar-refractivity contribution in [1.82, 2.24) is 5.43 Å².